The predicted molar refractivity (Wildman–Crippen MR) is 93.4 cm³/mol. The first-order valence-corrected chi connectivity index (χ1v) is 7.33. The van der Waals surface area contributed by atoms with E-state index in [1.165, 1.54) is 0 Å². The van der Waals surface area contributed by atoms with Crippen molar-refractivity contribution in [3.63, 3.8) is 0 Å². The number of nitrogens with one attached hydrogen (secondary N) is 2. The summed E-state index contributed by atoms with van der Waals surface area (Å²) in [6, 6.07) is 9.37. The normalized spacial score (nSPS) is 11.0. The van der Waals surface area contributed by atoms with E-state index >= 15 is 0 Å². The van der Waals surface area contributed by atoms with E-state index in [2.05, 4.69) is 25.5 Å². The second kappa shape index (κ2) is 6.50. The van der Waals surface area contributed by atoms with Crippen LogP contribution in [0.2, 0.25) is 5.02 Å². The number of aromatic nitrogens is 4. The van der Waals surface area contributed by atoms with E-state index in [4.69, 9.17) is 17.3 Å². The van der Waals surface area contributed by atoms with E-state index in [-0.39, 0.29) is 0 Å². The average molecular weight is 327 g/mol. The summed E-state index contributed by atoms with van der Waals surface area (Å²) in [6.07, 6.45) is 5.28. The smallest absolute Gasteiger partial charge is 0.158 e. The van der Waals surface area contributed by atoms with E-state index in [0.29, 0.717) is 28.2 Å². The second-order valence-electron chi connectivity index (χ2n) is 4.98. The first-order valence-electron chi connectivity index (χ1n) is 6.95. The number of aromatic amines is 1. The Morgan fingerprint density at radius 1 is 1.22 bits per heavy atom. The van der Waals surface area contributed by atoms with Crippen LogP contribution >= 0.6 is 11.6 Å². The molecule has 0 saturated heterocycles. The summed E-state index contributed by atoms with van der Waals surface area (Å²) in [6.45, 7) is 1.92. The van der Waals surface area contributed by atoms with E-state index in [9.17, 15) is 0 Å². The number of hydrogen-bond acceptors (Lipinski definition) is 5. The van der Waals surface area contributed by atoms with Crippen molar-refractivity contribution in [2.45, 2.75) is 6.92 Å². The molecule has 0 amide bonds. The van der Waals surface area contributed by atoms with Gasteiger partial charge in [0.05, 0.1) is 11.9 Å². The fourth-order valence-corrected chi connectivity index (χ4v) is 2.06. The maximum absolute atomic E-state index is 5.90. The largest absolute Gasteiger partial charge is 0.394 e. The SMILES string of the molecule is Cc1cc(Nc2nc(/C=C/c3ccc(Cl)cc3)ncc2N)n[nH]1. The molecule has 4 N–H and O–H groups in total. The van der Waals surface area contributed by atoms with Gasteiger partial charge in [0, 0.05) is 16.8 Å². The molecular formula is C16H15ClN6. The third kappa shape index (κ3) is 3.87. The average Bonchev–Trinajstić information content (AvgIpc) is 2.95. The van der Waals surface area contributed by atoms with Crippen molar-refractivity contribution < 1.29 is 0 Å². The monoisotopic (exact) mass is 326 g/mol. The molecule has 3 rings (SSSR count). The molecule has 0 aliphatic carbocycles. The van der Waals surface area contributed by atoms with Crippen molar-refractivity contribution in [3.05, 3.63) is 58.6 Å². The highest BCUT2D eigenvalue weighted by Gasteiger charge is 2.05. The number of nitrogens with zero attached hydrogens (tertiary/aromatic N) is 3. The summed E-state index contributed by atoms with van der Waals surface area (Å²) in [5.74, 6) is 1.71. The van der Waals surface area contributed by atoms with Gasteiger partial charge >= 0.3 is 0 Å². The van der Waals surface area contributed by atoms with Crippen molar-refractivity contribution in [1.29, 1.82) is 0 Å². The number of rotatable bonds is 4. The molecule has 7 heteroatoms. The van der Waals surface area contributed by atoms with Gasteiger partial charge in [-0.05, 0) is 30.7 Å². The Balaban J connectivity index is 1.80. The highest BCUT2D eigenvalue weighted by Crippen LogP contribution is 2.20. The zero-order valence-corrected chi connectivity index (χ0v) is 13.2. The minimum absolute atomic E-state index is 0.453. The van der Waals surface area contributed by atoms with Crippen molar-refractivity contribution in [2.75, 3.05) is 11.1 Å². The van der Waals surface area contributed by atoms with Gasteiger partial charge in [-0.25, -0.2) is 9.97 Å². The fraction of sp³-hybridized carbons (Fsp3) is 0.0625. The molecule has 0 bridgehead atoms. The van der Waals surface area contributed by atoms with Crippen LogP contribution in [0.4, 0.5) is 17.3 Å². The third-order valence-corrected chi connectivity index (χ3v) is 3.33. The van der Waals surface area contributed by atoms with Crippen molar-refractivity contribution >= 4 is 41.1 Å². The minimum Gasteiger partial charge on any atom is -0.394 e. The fourth-order valence-electron chi connectivity index (χ4n) is 1.93. The third-order valence-electron chi connectivity index (χ3n) is 3.08. The van der Waals surface area contributed by atoms with Crippen LogP contribution in [0.15, 0.2) is 36.5 Å². The van der Waals surface area contributed by atoms with Crippen molar-refractivity contribution in [1.82, 2.24) is 20.2 Å². The molecule has 0 atom stereocenters. The molecule has 3 aromatic rings. The summed E-state index contributed by atoms with van der Waals surface area (Å²) < 4.78 is 0. The van der Waals surface area contributed by atoms with E-state index in [1.807, 2.05) is 49.4 Å². The van der Waals surface area contributed by atoms with Crippen LogP contribution in [-0.2, 0) is 0 Å². The lowest BCUT2D eigenvalue weighted by Crippen LogP contribution is -2.02. The van der Waals surface area contributed by atoms with Gasteiger partial charge in [-0.3, -0.25) is 5.10 Å². The van der Waals surface area contributed by atoms with Gasteiger partial charge in [-0.1, -0.05) is 29.8 Å². The lowest BCUT2D eigenvalue weighted by Gasteiger charge is -2.05. The molecule has 116 valence electrons. The number of hydrogen-bond donors (Lipinski definition) is 3. The minimum atomic E-state index is 0.453. The Labute approximate surface area is 138 Å². The molecule has 2 heterocycles. The van der Waals surface area contributed by atoms with Crippen molar-refractivity contribution in [2.24, 2.45) is 0 Å². The van der Waals surface area contributed by atoms with Gasteiger partial charge in [0.25, 0.3) is 0 Å². The maximum Gasteiger partial charge on any atom is 0.158 e. The predicted octanol–water partition coefficient (Wildman–Crippen LogP) is 3.66. The molecule has 0 saturated carbocycles. The van der Waals surface area contributed by atoms with E-state index in [0.717, 1.165) is 11.3 Å². The maximum atomic E-state index is 5.90. The van der Waals surface area contributed by atoms with Crippen LogP contribution in [0.5, 0.6) is 0 Å². The molecule has 23 heavy (non-hydrogen) atoms. The Morgan fingerprint density at radius 2 is 2.00 bits per heavy atom. The molecule has 0 aliphatic rings. The van der Waals surface area contributed by atoms with Gasteiger partial charge in [-0.15, -0.1) is 0 Å². The number of anilines is 3. The number of benzene rings is 1. The van der Waals surface area contributed by atoms with Gasteiger partial charge < -0.3 is 11.1 Å². The molecule has 0 unspecified atom stereocenters. The lowest BCUT2D eigenvalue weighted by atomic mass is 10.2. The quantitative estimate of drug-likeness (QED) is 0.680. The summed E-state index contributed by atoms with van der Waals surface area (Å²) in [7, 11) is 0. The summed E-state index contributed by atoms with van der Waals surface area (Å²) in [4.78, 5) is 8.60. The number of H-pyrrole nitrogens is 1. The number of halogens is 1. The first kappa shape index (κ1) is 15.1. The van der Waals surface area contributed by atoms with E-state index in [1.54, 1.807) is 6.20 Å². The zero-order valence-electron chi connectivity index (χ0n) is 12.4. The van der Waals surface area contributed by atoms with Crippen LogP contribution in [0, 0.1) is 6.92 Å². The van der Waals surface area contributed by atoms with Crippen LogP contribution in [0.1, 0.15) is 17.1 Å². The van der Waals surface area contributed by atoms with Crippen LogP contribution in [0.3, 0.4) is 0 Å². The topological polar surface area (TPSA) is 92.5 Å². The molecule has 1 aromatic carbocycles. The van der Waals surface area contributed by atoms with Crippen LogP contribution in [0.25, 0.3) is 12.2 Å². The molecule has 0 spiro atoms. The highest BCUT2D eigenvalue weighted by molar-refractivity contribution is 6.30. The highest BCUT2D eigenvalue weighted by atomic mass is 35.5. The van der Waals surface area contributed by atoms with Crippen LogP contribution in [-0.4, -0.2) is 20.2 Å². The number of aryl methyl sites for hydroxylation is 1. The van der Waals surface area contributed by atoms with E-state index < -0.39 is 0 Å². The number of nitrogen functional groups attached to an aromatic ring is 1. The molecule has 0 fully saturated rings. The molecule has 6 nitrogen and oxygen atoms in total. The molecule has 2 aromatic heterocycles. The Morgan fingerprint density at radius 3 is 2.70 bits per heavy atom. The van der Waals surface area contributed by atoms with Gasteiger partial charge in [0.15, 0.2) is 17.5 Å². The Bertz CT molecular complexity index is 838. The summed E-state index contributed by atoms with van der Waals surface area (Å²) in [5, 5.41) is 10.7. The summed E-state index contributed by atoms with van der Waals surface area (Å²) >= 11 is 5.87. The Kier molecular flexibility index (Phi) is 4.25. The Hall–Kier alpha value is -2.86. The number of nitrogens with two attached hydrogens (primary N) is 1. The first-order chi connectivity index (χ1) is 11.1. The lowest BCUT2D eigenvalue weighted by molar-refractivity contribution is 1.04. The molecule has 0 aliphatic heterocycles. The van der Waals surface area contributed by atoms with Crippen LogP contribution < -0.4 is 11.1 Å². The zero-order chi connectivity index (χ0) is 16.2. The van der Waals surface area contributed by atoms with Crippen molar-refractivity contribution in [3.8, 4) is 0 Å². The standard InChI is InChI=1S/C16H15ClN6/c1-10-8-15(23-22-10)21-16-13(18)9-19-14(20-16)7-4-11-2-5-12(17)6-3-11/h2-9H,18H2,1H3,(H2,19,20,21,22,23)/b7-4+. The molecule has 0 radical (unpaired) electrons. The molecular weight excluding hydrogens is 312 g/mol. The van der Waals surface area contributed by atoms with Gasteiger partial charge in [-0.2, -0.15) is 5.10 Å². The van der Waals surface area contributed by atoms with Gasteiger partial charge in [0.1, 0.15) is 0 Å². The second-order valence-corrected chi connectivity index (χ2v) is 5.41. The van der Waals surface area contributed by atoms with Gasteiger partial charge in [0.2, 0.25) is 0 Å². The summed E-state index contributed by atoms with van der Waals surface area (Å²) in [5.41, 5.74) is 8.31.